The number of hydrogen-bond donors (Lipinski definition) is 1. The molecule has 1 heterocycles. The Balaban J connectivity index is 2.71. The van der Waals surface area contributed by atoms with Crippen molar-refractivity contribution in [3.63, 3.8) is 0 Å². The van der Waals surface area contributed by atoms with Gasteiger partial charge in [0.2, 0.25) is 5.89 Å². The third-order valence-electron chi connectivity index (χ3n) is 3.60. The molecule has 1 aromatic rings. The van der Waals surface area contributed by atoms with E-state index in [0.717, 1.165) is 19.6 Å². The van der Waals surface area contributed by atoms with Crippen LogP contribution >= 0.6 is 0 Å². The van der Waals surface area contributed by atoms with E-state index in [1.165, 1.54) is 12.8 Å². The Morgan fingerprint density at radius 3 is 2.37 bits per heavy atom. The van der Waals surface area contributed by atoms with Gasteiger partial charge in [0.25, 0.3) is 0 Å². The van der Waals surface area contributed by atoms with Crippen LogP contribution < -0.4 is 10.2 Å². The maximum Gasteiger partial charge on any atom is 0.318 e. The van der Waals surface area contributed by atoms with Crippen LogP contribution in [-0.2, 0) is 0 Å². The highest BCUT2D eigenvalue weighted by Crippen LogP contribution is 2.19. The molecule has 1 rings (SSSR count). The molecule has 1 unspecified atom stereocenters. The Morgan fingerprint density at radius 2 is 1.84 bits per heavy atom. The molecule has 0 aliphatic heterocycles. The minimum absolute atomic E-state index is 0.109. The molecule has 0 aliphatic carbocycles. The molecule has 0 fully saturated rings. The summed E-state index contributed by atoms with van der Waals surface area (Å²) < 4.78 is 5.78. The third kappa shape index (κ3) is 4.49. The molecule has 0 aromatic carbocycles. The van der Waals surface area contributed by atoms with E-state index in [4.69, 9.17) is 4.42 Å². The fraction of sp³-hybridized carbons (Fsp3) is 0.857. The lowest BCUT2D eigenvalue weighted by atomic mass is 10.0. The van der Waals surface area contributed by atoms with E-state index >= 15 is 0 Å². The van der Waals surface area contributed by atoms with Crippen molar-refractivity contribution in [2.45, 2.75) is 53.5 Å². The number of nitrogens with zero attached hydrogens (tertiary/aromatic N) is 3. The van der Waals surface area contributed by atoms with Gasteiger partial charge in [0, 0.05) is 13.1 Å². The van der Waals surface area contributed by atoms with Crippen molar-refractivity contribution in [3.05, 3.63) is 5.89 Å². The predicted octanol–water partition coefficient (Wildman–Crippen LogP) is 3.00. The lowest BCUT2D eigenvalue weighted by Crippen LogP contribution is -2.29. The molecule has 1 atom stereocenters. The van der Waals surface area contributed by atoms with Crippen LogP contribution in [0.25, 0.3) is 0 Å². The summed E-state index contributed by atoms with van der Waals surface area (Å²) in [7, 11) is 0. The van der Waals surface area contributed by atoms with Crippen LogP contribution in [0.1, 0.15) is 59.4 Å². The predicted molar refractivity (Wildman–Crippen MR) is 78.3 cm³/mol. The molecule has 0 amide bonds. The average Bonchev–Trinajstić information content (AvgIpc) is 2.90. The highest BCUT2D eigenvalue weighted by Gasteiger charge is 2.18. The van der Waals surface area contributed by atoms with E-state index in [9.17, 15) is 0 Å². The Bertz CT molecular complexity index is 349. The first-order valence-electron chi connectivity index (χ1n) is 7.47. The highest BCUT2D eigenvalue weighted by atomic mass is 16.4. The van der Waals surface area contributed by atoms with E-state index in [1.54, 1.807) is 0 Å². The molecule has 1 aromatic heterocycles. The third-order valence-corrected chi connectivity index (χ3v) is 3.60. The van der Waals surface area contributed by atoms with Gasteiger partial charge in [0.05, 0.1) is 6.04 Å². The monoisotopic (exact) mass is 268 g/mol. The Kier molecular flexibility index (Phi) is 6.84. The molecule has 0 saturated heterocycles. The second-order valence-corrected chi connectivity index (χ2v) is 4.92. The summed E-state index contributed by atoms with van der Waals surface area (Å²) in [5.74, 6) is 1.35. The summed E-state index contributed by atoms with van der Waals surface area (Å²) in [6.45, 7) is 13.5. The second-order valence-electron chi connectivity index (χ2n) is 4.92. The van der Waals surface area contributed by atoms with Crippen molar-refractivity contribution < 1.29 is 4.42 Å². The van der Waals surface area contributed by atoms with Crippen molar-refractivity contribution in [2.24, 2.45) is 5.92 Å². The molecule has 5 nitrogen and oxygen atoms in total. The number of anilines is 1. The molecule has 0 radical (unpaired) electrons. The van der Waals surface area contributed by atoms with E-state index < -0.39 is 0 Å². The van der Waals surface area contributed by atoms with Crippen LogP contribution in [0.5, 0.6) is 0 Å². The zero-order chi connectivity index (χ0) is 14.3. The van der Waals surface area contributed by atoms with Crippen LogP contribution in [0, 0.1) is 5.92 Å². The molecule has 110 valence electrons. The normalized spacial score (nSPS) is 12.9. The van der Waals surface area contributed by atoms with Crippen LogP contribution in [0.15, 0.2) is 4.42 Å². The number of aromatic nitrogens is 2. The summed E-state index contributed by atoms with van der Waals surface area (Å²) in [5.41, 5.74) is 0. The first-order valence-corrected chi connectivity index (χ1v) is 7.47. The van der Waals surface area contributed by atoms with Gasteiger partial charge in [-0.05, 0) is 26.3 Å². The Morgan fingerprint density at radius 1 is 1.16 bits per heavy atom. The highest BCUT2D eigenvalue weighted by molar-refractivity contribution is 5.24. The maximum atomic E-state index is 5.78. The first-order chi connectivity index (χ1) is 9.15. The molecular weight excluding hydrogens is 240 g/mol. The summed E-state index contributed by atoms with van der Waals surface area (Å²) in [4.78, 5) is 2.17. The Labute approximate surface area is 116 Å². The summed E-state index contributed by atoms with van der Waals surface area (Å²) in [6.07, 6.45) is 2.36. The summed E-state index contributed by atoms with van der Waals surface area (Å²) in [6, 6.07) is 0.757. The topological polar surface area (TPSA) is 54.2 Å². The van der Waals surface area contributed by atoms with Gasteiger partial charge in [-0.1, -0.05) is 38.7 Å². The van der Waals surface area contributed by atoms with E-state index in [0.29, 0.717) is 17.8 Å². The maximum absolute atomic E-state index is 5.78. The smallest absolute Gasteiger partial charge is 0.318 e. The Hall–Kier alpha value is -1.10. The van der Waals surface area contributed by atoms with Crippen molar-refractivity contribution in [2.75, 3.05) is 24.5 Å². The molecule has 1 N–H and O–H groups in total. The quantitative estimate of drug-likeness (QED) is 0.746. The van der Waals surface area contributed by atoms with E-state index in [2.05, 4.69) is 48.1 Å². The SMILES string of the molecule is CCNC(C)c1nnc(N(CC)CC(CC)CC)o1. The van der Waals surface area contributed by atoms with Crippen molar-refractivity contribution >= 4 is 6.01 Å². The summed E-state index contributed by atoms with van der Waals surface area (Å²) >= 11 is 0. The van der Waals surface area contributed by atoms with Crippen LogP contribution in [-0.4, -0.2) is 29.8 Å². The summed E-state index contributed by atoms with van der Waals surface area (Å²) in [5, 5.41) is 11.6. The average molecular weight is 268 g/mol. The van der Waals surface area contributed by atoms with Gasteiger partial charge in [-0.25, -0.2) is 0 Å². The molecule has 0 spiro atoms. The standard InChI is InChI=1S/C14H28N4O/c1-6-12(7-2)10-18(9-4)14-17-16-13(19-14)11(5)15-8-3/h11-12,15H,6-10H2,1-5H3. The largest absolute Gasteiger partial charge is 0.406 e. The van der Waals surface area contributed by atoms with Gasteiger partial charge in [0.1, 0.15) is 0 Å². The number of rotatable bonds is 9. The lowest BCUT2D eigenvalue weighted by Gasteiger charge is -2.23. The van der Waals surface area contributed by atoms with Gasteiger partial charge in [-0.15, -0.1) is 5.10 Å². The first kappa shape index (κ1) is 16.0. The van der Waals surface area contributed by atoms with Crippen LogP contribution in [0.3, 0.4) is 0 Å². The lowest BCUT2D eigenvalue weighted by molar-refractivity contribution is 0.407. The number of hydrogen-bond acceptors (Lipinski definition) is 5. The molecule has 0 bridgehead atoms. The van der Waals surface area contributed by atoms with E-state index in [1.807, 2.05) is 6.92 Å². The molecule has 5 heteroatoms. The minimum atomic E-state index is 0.109. The van der Waals surface area contributed by atoms with Crippen molar-refractivity contribution in [3.8, 4) is 0 Å². The minimum Gasteiger partial charge on any atom is -0.406 e. The second kappa shape index (κ2) is 8.15. The van der Waals surface area contributed by atoms with Gasteiger partial charge >= 0.3 is 6.01 Å². The van der Waals surface area contributed by atoms with Crippen LogP contribution in [0.4, 0.5) is 6.01 Å². The molecule has 19 heavy (non-hydrogen) atoms. The van der Waals surface area contributed by atoms with Gasteiger partial charge in [-0.3, -0.25) is 0 Å². The van der Waals surface area contributed by atoms with Crippen molar-refractivity contribution in [1.29, 1.82) is 0 Å². The zero-order valence-electron chi connectivity index (χ0n) is 12.9. The molecule has 0 saturated carbocycles. The molecule has 0 aliphatic rings. The van der Waals surface area contributed by atoms with E-state index in [-0.39, 0.29) is 6.04 Å². The fourth-order valence-electron chi connectivity index (χ4n) is 2.12. The van der Waals surface area contributed by atoms with Gasteiger partial charge in [0.15, 0.2) is 0 Å². The van der Waals surface area contributed by atoms with Crippen molar-refractivity contribution in [1.82, 2.24) is 15.5 Å². The zero-order valence-corrected chi connectivity index (χ0v) is 12.9. The fourth-order valence-corrected chi connectivity index (χ4v) is 2.12. The van der Waals surface area contributed by atoms with Gasteiger partial charge < -0.3 is 14.6 Å². The molecular formula is C14H28N4O. The number of nitrogens with one attached hydrogen (secondary N) is 1. The van der Waals surface area contributed by atoms with Gasteiger partial charge in [-0.2, -0.15) is 0 Å². The van der Waals surface area contributed by atoms with Crippen LogP contribution in [0.2, 0.25) is 0 Å².